The van der Waals surface area contributed by atoms with Crippen LogP contribution in [0.5, 0.6) is 0 Å². The number of halogens is 1. The number of benzene rings is 1. The highest BCUT2D eigenvalue weighted by Gasteiger charge is 2.43. The lowest BCUT2D eigenvalue weighted by atomic mass is 9.98. The monoisotopic (exact) mass is 343 g/mol. The second-order valence-corrected chi connectivity index (χ2v) is 6.68. The Kier molecular flexibility index (Phi) is 4.20. The number of rotatable bonds is 3. The molecule has 1 atom stereocenters. The largest absolute Gasteiger partial charge is 0.479 e. The summed E-state index contributed by atoms with van der Waals surface area (Å²) in [5.41, 5.74) is 0.298. The van der Waals surface area contributed by atoms with Crippen molar-refractivity contribution in [1.82, 2.24) is 5.32 Å². The van der Waals surface area contributed by atoms with Crippen LogP contribution in [-0.2, 0) is 4.79 Å². The van der Waals surface area contributed by atoms with Gasteiger partial charge in [0.1, 0.15) is 5.54 Å². The van der Waals surface area contributed by atoms with E-state index in [-0.39, 0.29) is 5.91 Å². The summed E-state index contributed by atoms with van der Waals surface area (Å²) >= 11 is 4.88. The van der Waals surface area contributed by atoms with Gasteiger partial charge in [0.25, 0.3) is 5.91 Å². The fraction of sp³-hybridized carbons (Fsp3) is 0.385. The predicted octanol–water partition coefficient (Wildman–Crippen LogP) is 2.45. The molecule has 0 saturated carbocycles. The molecule has 1 aromatic rings. The number of carbonyl (C=O) groups is 2. The molecule has 1 aliphatic heterocycles. The summed E-state index contributed by atoms with van der Waals surface area (Å²) in [6.45, 7) is 1.89. The van der Waals surface area contributed by atoms with E-state index in [1.54, 1.807) is 23.9 Å². The van der Waals surface area contributed by atoms with Crippen molar-refractivity contribution in [2.24, 2.45) is 0 Å². The summed E-state index contributed by atoms with van der Waals surface area (Å²) in [4.78, 5) is 23.6. The third kappa shape index (κ3) is 3.12. The van der Waals surface area contributed by atoms with Crippen molar-refractivity contribution in [3.63, 3.8) is 0 Å². The predicted molar refractivity (Wildman–Crippen MR) is 78.7 cm³/mol. The Labute approximate surface area is 124 Å². The van der Waals surface area contributed by atoms with Gasteiger partial charge < -0.3 is 10.4 Å². The number of carbonyl (C=O) groups excluding carboxylic acids is 1. The lowest BCUT2D eigenvalue weighted by Gasteiger charge is -2.24. The van der Waals surface area contributed by atoms with E-state index in [4.69, 9.17) is 0 Å². The highest BCUT2D eigenvalue weighted by Crippen LogP contribution is 2.29. The first kappa shape index (κ1) is 14.4. The van der Waals surface area contributed by atoms with E-state index in [9.17, 15) is 14.7 Å². The first-order valence-corrected chi connectivity index (χ1v) is 7.79. The topological polar surface area (TPSA) is 66.4 Å². The van der Waals surface area contributed by atoms with Gasteiger partial charge in [0.2, 0.25) is 0 Å². The molecule has 1 saturated heterocycles. The maximum Gasteiger partial charge on any atom is 0.330 e. The summed E-state index contributed by atoms with van der Waals surface area (Å²) in [7, 11) is 0. The Bertz CT molecular complexity index is 506. The van der Waals surface area contributed by atoms with E-state index in [1.807, 2.05) is 13.0 Å². The van der Waals surface area contributed by atoms with Crippen LogP contribution in [0.4, 0.5) is 0 Å². The highest BCUT2D eigenvalue weighted by molar-refractivity contribution is 9.10. The average Bonchev–Trinajstić information content (AvgIpc) is 2.77. The molecule has 1 aliphatic rings. The van der Waals surface area contributed by atoms with Gasteiger partial charge in [-0.15, -0.1) is 0 Å². The zero-order chi connectivity index (χ0) is 14.0. The third-order valence-electron chi connectivity index (χ3n) is 3.09. The van der Waals surface area contributed by atoms with Crippen LogP contribution in [0.3, 0.4) is 0 Å². The van der Waals surface area contributed by atoms with Crippen molar-refractivity contribution in [1.29, 1.82) is 0 Å². The Hall–Kier alpha value is -1.01. The second-order valence-electron chi connectivity index (χ2n) is 4.66. The average molecular weight is 344 g/mol. The summed E-state index contributed by atoms with van der Waals surface area (Å²) in [5.74, 6) is -0.127. The van der Waals surface area contributed by atoms with Crippen LogP contribution in [0.1, 0.15) is 22.3 Å². The highest BCUT2D eigenvalue weighted by atomic mass is 79.9. The molecule has 102 valence electrons. The molecular formula is C13H14BrNO3S. The summed E-state index contributed by atoms with van der Waals surface area (Å²) in [6.07, 6.45) is 0.464. The second kappa shape index (κ2) is 5.54. The van der Waals surface area contributed by atoms with Crippen molar-refractivity contribution >= 4 is 39.6 Å². The maximum atomic E-state index is 12.2. The molecule has 1 heterocycles. The lowest BCUT2D eigenvalue weighted by molar-refractivity contribution is -0.143. The number of thioether (sulfide) groups is 1. The Morgan fingerprint density at radius 2 is 2.16 bits per heavy atom. The Morgan fingerprint density at radius 1 is 1.42 bits per heavy atom. The lowest BCUT2D eigenvalue weighted by Crippen LogP contribution is -2.54. The number of carboxylic acid groups (broad SMARTS) is 1. The minimum atomic E-state index is -1.13. The van der Waals surface area contributed by atoms with Gasteiger partial charge in [-0.3, -0.25) is 4.79 Å². The molecule has 2 N–H and O–H groups in total. The van der Waals surface area contributed by atoms with Crippen LogP contribution in [0.2, 0.25) is 0 Å². The fourth-order valence-electron chi connectivity index (χ4n) is 2.04. The molecule has 1 aromatic carbocycles. The quantitative estimate of drug-likeness (QED) is 0.884. The Balaban J connectivity index is 2.22. The van der Waals surface area contributed by atoms with Crippen LogP contribution < -0.4 is 5.32 Å². The molecular weight excluding hydrogens is 330 g/mol. The van der Waals surface area contributed by atoms with Gasteiger partial charge in [-0.1, -0.05) is 15.9 Å². The van der Waals surface area contributed by atoms with Crippen molar-refractivity contribution in [3.05, 3.63) is 33.8 Å². The van der Waals surface area contributed by atoms with Gasteiger partial charge in [0.05, 0.1) is 0 Å². The first-order chi connectivity index (χ1) is 8.93. The van der Waals surface area contributed by atoms with Crippen LogP contribution >= 0.6 is 27.7 Å². The normalized spacial score (nSPS) is 22.2. The minimum Gasteiger partial charge on any atom is -0.479 e. The molecule has 0 aromatic heterocycles. The molecule has 4 nitrogen and oxygen atoms in total. The van der Waals surface area contributed by atoms with E-state index in [2.05, 4.69) is 21.2 Å². The number of aryl methyl sites for hydroxylation is 1. The molecule has 2 rings (SSSR count). The number of carboxylic acids is 1. The van der Waals surface area contributed by atoms with Gasteiger partial charge in [-0.05, 0) is 42.9 Å². The molecule has 1 unspecified atom stereocenters. The van der Waals surface area contributed by atoms with Crippen LogP contribution in [0.25, 0.3) is 0 Å². The van der Waals surface area contributed by atoms with E-state index in [0.717, 1.165) is 15.8 Å². The fourth-order valence-corrected chi connectivity index (χ4v) is 3.98. The van der Waals surface area contributed by atoms with E-state index >= 15 is 0 Å². The Morgan fingerprint density at radius 3 is 2.68 bits per heavy atom. The van der Waals surface area contributed by atoms with Crippen LogP contribution in [0.15, 0.2) is 22.7 Å². The summed E-state index contributed by atoms with van der Waals surface area (Å²) in [6, 6.07) is 5.34. The standard InChI is InChI=1S/C13H14BrNO3S/c1-8-4-9(6-10(14)5-8)11(16)15-13(12(17)18)2-3-19-7-13/h4-6H,2-3,7H2,1H3,(H,15,16)(H,17,18). The molecule has 1 fully saturated rings. The first-order valence-electron chi connectivity index (χ1n) is 5.84. The molecule has 0 spiro atoms. The van der Waals surface area contributed by atoms with Gasteiger partial charge in [-0.2, -0.15) is 11.8 Å². The van der Waals surface area contributed by atoms with Crippen LogP contribution in [0, 0.1) is 6.92 Å². The third-order valence-corrected chi connectivity index (χ3v) is 4.74. The van der Waals surface area contributed by atoms with E-state index in [1.165, 1.54) is 0 Å². The number of aliphatic carboxylic acids is 1. The molecule has 1 amide bonds. The van der Waals surface area contributed by atoms with Crippen molar-refractivity contribution < 1.29 is 14.7 Å². The number of amides is 1. The number of nitrogens with one attached hydrogen (secondary N) is 1. The van der Waals surface area contributed by atoms with Crippen molar-refractivity contribution in [3.8, 4) is 0 Å². The molecule has 19 heavy (non-hydrogen) atoms. The van der Waals surface area contributed by atoms with Crippen molar-refractivity contribution in [2.45, 2.75) is 18.9 Å². The van der Waals surface area contributed by atoms with Gasteiger partial charge >= 0.3 is 5.97 Å². The van der Waals surface area contributed by atoms with Gasteiger partial charge in [0.15, 0.2) is 0 Å². The molecule has 0 aliphatic carbocycles. The van der Waals surface area contributed by atoms with Gasteiger partial charge in [-0.25, -0.2) is 4.79 Å². The van der Waals surface area contributed by atoms with Crippen molar-refractivity contribution in [2.75, 3.05) is 11.5 Å². The smallest absolute Gasteiger partial charge is 0.330 e. The van der Waals surface area contributed by atoms with Crippen LogP contribution in [-0.4, -0.2) is 34.0 Å². The zero-order valence-corrected chi connectivity index (χ0v) is 12.8. The number of hydrogen-bond donors (Lipinski definition) is 2. The number of hydrogen-bond acceptors (Lipinski definition) is 3. The van der Waals surface area contributed by atoms with E-state index < -0.39 is 11.5 Å². The molecule has 6 heteroatoms. The zero-order valence-electron chi connectivity index (χ0n) is 10.4. The molecule has 0 radical (unpaired) electrons. The minimum absolute atomic E-state index is 0.339. The summed E-state index contributed by atoms with van der Waals surface area (Å²) < 4.78 is 0.808. The summed E-state index contributed by atoms with van der Waals surface area (Å²) in [5, 5.41) is 12.0. The molecule has 0 bridgehead atoms. The van der Waals surface area contributed by atoms with E-state index in [0.29, 0.717) is 17.7 Å². The van der Waals surface area contributed by atoms with Gasteiger partial charge in [0, 0.05) is 15.8 Å². The maximum absolute atomic E-state index is 12.2. The SMILES string of the molecule is Cc1cc(Br)cc(C(=O)NC2(C(=O)O)CCSC2)c1.